The SMILES string of the molecule is CCOC(=O)CC1CC1(Cl)Cl. The Hall–Kier alpha value is 0.0500. The third-order valence-electron chi connectivity index (χ3n) is 1.67. The number of hydrogen-bond donors (Lipinski definition) is 0. The zero-order valence-electron chi connectivity index (χ0n) is 6.27. The molecule has 4 heteroatoms. The van der Waals surface area contributed by atoms with E-state index in [2.05, 4.69) is 0 Å². The van der Waals surface area contributed by atoms with Gasteiger partial charge in [0.15, 0.2) is 0 Å². The molecule has 0 radical (unpaired) electrons. The van der Waals surface area contributed by atoms with Crippen molar-refractivity contribution in [2.45, 2.75) is 24.1 Å². The van der Waals surface area contributed by atoms with E-state index < -0.39 is 4.33 Å². The van der Waals surface area contributed by atoms with Crippen molar-refractivity contribution >= 4 is 29.2 Å². The van der Waals surface area contributed by atoms with E-state index in [9.17, 15) is 4.79 Å². The zero-order chi connectivity index (χ0) is 8.48. The Labute approximate surface area is 75.8 Å². The molecule has 1 rings (SSSR count). The van der Waals surface area contributed by atoms with Crippen LogP contribution < -0.4 is 0 Å². The normalized spacial score (nSPS) is 26.3. The molecule has 1 atom stereocenters. The van der Waals surface area contributed by atoms with Crippen molar-refractivity contribution in [2.24, 2.45) is 5.92 Å². The van der Waals surface area contributed by atoms with E-state index in [1.807, 2.05) is 0 Å². The molecule has 2 nitrogen and oxygen atoms in total. The van der Waals surface area contributed by atoms with Gasteiger partial charge in [-0.1, -0.05) is 0 Å². The van der Waals surface area contributed by atoms with Crippen LogP contribution in [0.2, 0.25) is 0 Å². The van der Waals surface area contributed by atoms with Crippen LogP contribution in [0.4, 0.5) is 0 Å². The van der Waals surface area contributed by atoms with Crippen LogP contribution in [0.25, 0.3) is 0 Å². The van der Waals surface area contributed by atoms with Gasteiger partial charge in [0, 0.05) is 5.92 Å². The Bertz CT molecular complexity index is 168. The topological polar surface area (TPSA) is 26.3 Å². The first-order valence-electron chi connectivity index (χ1n) is 3.59. The molecule has 1 aliphatic rings. The van der Waals surface area contributed by atoms with E-state index in [4.69, 9.17) is 27.9 Å². The van der Waals surface area contributed by atoms with Crippen LogP contribution in [0.5, 0.6) is 0 Å². The minimum atomic E-state index is -0.660. The van der Waals surface area contributed by atoms with Gasteiger partial charge in [-0.2, -0.15) is 0 Å². The van der Waals surface area contributed by atoms with Gasteiger partial charge >= 0.3 is 5.97 Å². The standard InChI is InChI=1S/C7H10Cl2O2/c1-2-11-6(10)3-5-4-7(5,8)9/h5H,2-4H2,1H3. The average molecular weight is 197 g/mol. The molecule has 0 amide bonds. The highest BCUT2D eigenvalue weighted by molar-refractivity contribution is 6.50. The maximum absolute atomic E-state index is 10.8. The van der Waals surface area contributed by atoms with Crippen molar-refractivity contribution in [1.82, 2.24) is 0 Å². The third-order valence-corrected chi connectivity index (χ3v) is 2.60. The number of esters is 1. The first kappa shape index (κ1) is 9.14. The Balaban J connectivity index is 2.18. The second-order valence-electron chi connectivity index (χ2n) is 2.67. The molecule has 0 aromatic carbocycles. The van der Waals surface area contributed by atoms with Crippen LogP contribution in [0.3, 0.4) is 0 Å². The van der Waals surface area contributed by atoms with E-state index in [1.165, 1.54) is 0 Å². The first-order chi connectivity index (χ1) is 5.06. The minimum absolute atomic E-state index is 0.102. The first-order valence-corrected chi connectivity index (χ1v) is 4.35. The molecule has 1 unspecified atom stereocenters. The quantitative estimate of drug-likeness (QED) is 0.511. The minimum Gasteiger partial charge on any atom is -0.466 e. The van der Waals surface area contributed by atoms with E-state index in [1.54, 1.807) is 6.92 Å². The summed E-state index contributed by atoms with van der Waals surface area (Å²) in [6.07, 6.45) is 1.05. The van der Waals surface area contributed by atoms with Gasteiger partial charge in [0.05, 0.1) is 13.0 Å². The monoisotopic (exact) mass is 196 g/mol. The molecule has 1 aliphatic carbocycles. The molecule has 1 fully saturated rings. The van der Waals surface area contributed by atoms with Gasteiger partial charge in [-0.3, -0.25) is 4.79 Å². The number of carbonyl (C=O) groups excluding carboxylic acids is 1. The number of alkyl halides is 2. The lowest BCUT2D eigenvalue weighted by Gasteiger charge is -2.00. The van der Waals surface area contributed by atoms with Crippen LogP contribution in [-0.4, -0.2) is 16.9 Å². The number of ether oxygens (including phenoxy) is 1. The summed E-state index contributed by atoms with van der Waals surface area (Å²) in [4.78, 5) is 10.8. The highest BCUT2D eigenvalue weighted by atomic mass is 35.5. The fourth-order valence-electron chi connectivity index (χ4n) is 0.912. The molecule has 0 aliphatic heterocycles. The fourth-order valence-corrected chi connectivity index (χ4v) is 1.44. The smallest absolute Gasteiger partial charge is 0.306 e. The molecular formula is C7H10Cl2O2. The van der Waals surface area contributed by atoms with Crippen molar-refractivity contribution < 1.29 is 9.53 Å². The van der Waals surface area contributed by atoms with E-state index >= 15 is 0 Å². The van der Waals surface area contributed by atoms with Crippen LogP contribution in [0.15, 0.2) is 0 Å². The second kappa shape index (κ2) is 3.20. The average Bonchev–Trinajstić information content (AvgIpc) is 2.39. The molecule has 0 bridgehead atoms. The van der Waals surface area contributed by atoms with E-state index in [-0.39, 0.29) is 11.9 Å². The Morgan fingerprint density at radius 2 is 2.27 bits per heavy atom. The predicted octanol–water partition coefficient (Wildman–Crippen LogP) is 2.13. The summed E-state index contributed by atoms with van der Waals surface area (Å²) in [6.45, 7) is 2.20. The summed E-state index contributed by atoms with van der Waals surface area (Å²) in [5, 5.41) is 0. The summed E-state index contributed by atoms with van der Waals surface area (Å²) in [5.41, 5.74) is 0. The van der Waals surface area contributed by atoms with Gasteiger partial charge in [0.1, 0.15) is 4.33 Å². The number of rotatable bonds is 3. The number of halogens is 2. The summed E-state index contributed by atoms with van der Waals surface area (Å²) >= 11 is 11.4. The summed E-state index contributed by atoms with van der Waals surface area (Å²) in [6, 6.07) is 0. The van der Waals surface area contributed by atoms with Crippen molar-refractivity contribution in [3.8, 4) is 0 Å². The summed E-state index contributed by atoms with van der Waals surface area (Å²) in [7, 11) is 0. The van der Waals surface area contributed by atoms with Gasteiger partial charge in [0.2, 0.25) is 0 Å². The van der Waals surface area contributed by atoms with Crippen LogP contribution >= 0.6 is 23.2 Å². The van der Waals surface area contributed by atoms with Gasteiger partial charge in [-0.15, -0.1) is 23.2 Å². The Kier molecular flexibility index (Phi) is 2.66. The van der Waals surface area contributed by atoms with Gasteiger partial charge < -0.3 is 4.74 Å². The highest BCUT2D eigenvalue weighted by Gasteiger charge is 2.52. The molecule has 0 heterocycles. The lowest BCUT2D eigenvalue weighted by Crippen LogP contribution is -2.06. The fraction of sp³-hybridized carbons (Fsp3) is 0.857. The maximum atomic E-state index is 10.8. The molecule has 0 aromatic heterocycles. The van der Waals surface area contributed by atoms with Crippen LogP contribution in [0.1, 0.15) is 19.8 Å². The molecule has 64 valence electrons. The van der Waals surface area contributed by atoms with Crippen molar-refractivity contribution in [2.75, 3.05) is 6.61 Å². The summed E-state index contributed by atoms with van der Waals surface area (Å²) < 4.78 is 4.07. The third kappa shape index (κ3) is 2.53. The number of hydrogen-bond acceptors (Lipinski definition) is 2. The van der Waals surface area contributed by atoms with Crippen molar-refractivity contribution in [3.05, 3.63) is 0 Å². The second-order valence-corrected chi connectivity index (χ2v) is 4.21. The largest absolute Gasteiger partial charge is 0.466 e. The van der Waals surface area contributed by atoms with Crippen molar-refractivity contribution in [1.29, 1.82) is 0 Å². The van der Waals surface area contributed by atoms with Gasteiger partial charge in [-0.05, 0) is 13.3 Å². The zero-order valence-corrected chi connectivity index (χ0v) is 7.78. The number of carbonyl (C=O) groups is 1. The van der Waals surface area contributed by atoms with E-state index in [0.717, 1.165) is 0 Å². The van der Waals surface area contributed by atoms with Gasteiger partial charge in [0.25, 0.3) is 0 Å². The summed E-state index contributed by atoms with van der Waals surface area (Å²) in [5.74, 6) is -0.106. The van der Waals surface area contributed by atoms with E-state index in [0.29, 0.717) is 19.4 Å². The lowest BCUT2D eigenvalue weighted by atomic mass is 10.3. The molecular weight excluding hydrogens is 187 g/mol. The van der Waals surface area contributed by atoms with Crippen LogP contribution in [0, 0.1) is 5.92 Å². The van der Waals surface area contributed by atoms with Crippen molar-refractivity contribution in [3.63, 3.8) is 0 Å². The Morgan fingerprint density at radius 3 is 2.64 bits per heavy atom. The van der Waals surface area contributed by atoms with Gasteiger partial charge in [-0.25, -0.2) is 0 Å². The Morgan fingerprint density at radius 1 is 1.73 bits per heavy atom. The molecule has 0 N–H and O–H groups in total. The van der Waals surface area contributed by atoms with Crippen LogP contribution in [-0.2, 0) is 9.53 Å². The highest BCUT2D eigenvalue weighted by Crippen LogP contribution is 2.54. The molecule has 1 saturated carbocycles. The molecule has 0 aromatic rings. The lowest BCUT2D eigenvalue weighted by molar-refractivity contribution is -0.143. The molecule has 11 heavy (non-hydrogen) atoms. The predicted molar refractivity (Wildman–Crippen MR) is 43.8 cm³/mol. The molecule has 0 saturated heterocycles. The maximum Gasteiger partial charge on any atom is 0.306 e. The molecule has 0 spiro atoms.